The smallest absolute Gasteiger partial charge is 0.126 e. The van der Waals surface area contributed by atoms with Gasteiger partial charge in [-0.05, 0) is 64.3 Å². The molecule has 0 radical (unpaired) electrons. The minimum atomic E-state index is -0.818. The van der Waals surface area contributed by atoms with Crippen LogP contribution in [0.4, 0.5) is 0 Å². The minimum Gasteiger partial charge on any atom is -0.496 e. The van der Waals surface area contributed by atoms with Crippen LogP contribution in [0.5, 0.6) is 23.0 Å². The molecule has 0 heterocycles. The van der Waals surface area contributed by atoms with E-state index in [4.69, 9.17) is 18.9 Å². The fourth-order valence-electron chi connectivity index (χ4n) is 5.98. The monoisotopic (exact) mass is 572 g/mol. The lowest BCUT2D eigenvalue weighted by Crippen LogP contribution is -2.38. The van der Waals surface area contributed by atoms with Crippen LogP contribution in [0.1, 0.15) is 25.7 Å². The van der Waals surface area contributed by atoms with E-state index in [0.29, 0.717) is 11.3 Å². The molecule has 0 amide bonds. The summed E-state index contributed by atoms with van der Waals surface area (Å²) in [6.07, 6.45) is 4.72. The molecule has 0 aliphatic heterocycles. The SMILES string of the molecule is COc1ccccc1P(c1ccccc1OC)[C@@H]1CCCC[C@@H]1P(c1ccccc1OC)c1ccccc1OC. The zero-order chi connectivity index (χ0) is 27.9. The molecule has 2 atom stereocenters. The van der Waals surface area contributed by atoms with Crippen LogP contribution in [0, 0.1) is 0 Å². The minimum absolute atomic E-state index is 0.414. The second-order valence-corrected chi connectivity index (χ2v) is 14.6. The summed E-state index contributed by atoms with van der Waals surface area (Å²) in [6, 6.07) is 34.3. The molecule has 0 unspecified atom stereocenters. The Balaban J connectivity index is 1.75. The van der Waals surface area contributed by atoms with Gasteiger partial charge in [0, 0.05) is 21.2 Å². The van der Waals surface area contributed by atoms with Gasteiger partial charge in [-0.2, -0.15) is 0 Å². The average Bonchev–Trinajstić information content (AvgIpc) is 3.03. The second-order valence-electron chi connectivity index (χ2n) is 9.85. The highest BCUT2D eigenvalue weighted by Gasteiger charge is 2.42. The first-order chi connectivity index (χ1) is 19.7. The highest BCUT2D eigenvalue weighted by molar-refractivity contribution is 7.78. The molecule has 0 saturated heterocycles. The highest BCUT2D eigenvalue weighted by atomic mass is 31.1. The highest BCUT2D eigenvalue weighted by Crippen LogP contribution is 2.59. The zero-order valence-electron chi connectivity index (χ0n) is 23.7. The molecule has 40 heavy (non-hydrogen) atoms. The summed E-state index contributed by atoms with van der Waals surface area (Å²) in [6.45, 7) is 0. The first-order valence-electron chi connectivity index (χ1n) is 13.8. The standard InChI is InChI=1S/C34H38O4P2/c1-35-25-15-5-9-19-29(25)39(30-20-10-6-16-26(30)36-2)33-23-13-14-24-34(33)40(31-21-11-7-17-27(31)37-3)32-22-12-8-18-28(32)38-4/h5-12,15-22,33-34H,13-14,23-24H2,1-4H3/t33-,34+. The van der Waals surface area contributed by atoms with E-state index in [1.165, 1.54) is 34.1 Å². The predicted molar refractivity (Wildman–Crippen MR) is 170 cm³/mol. The van der Waals surface area contributed by atoms with Crippen molar-refractivity contribution in [3.63, 3.8) is 0 Å². The van der Waals surface area contributed by atoms with Gasteiger partial charge >= 0.3 is 0 Å². The Hall–Kier alpha value is -3.06. The van der Waals surface area contributed by atoms with Crippen LogP contribution in [0.2, 0.25) is 0 Å². The van der Waals surface area contributed by atoms with Crippen LogP contribution in [0.3, 0.4) is 0 Å². The Bertz CT molecular complexity index is 1210. The molecule has 0 N–H and O–H groups in total. The maximum atomic E-state index is 5.99. The van der Waals surface area contributed by atoms with Crippen molar-refractivity contribution >= 4 is 37.1 Å². The summed E-state index contributed by atoms with van der Waals surface area (Å²) < 4.78 is 24.0. The van der Waals surface area contributed by atoms with Gasteiger partial charge in [0.2, 0.25) is 0 Å². The Morgan fingerprint density at radius 3 is 0.925 bits per heavy atom. The van der Waals surface area contributed by atoms with Crippen molar-refractivity contribution in [2.45, 2.75) is 37.0 Å². The van der Waals surface area contributed by atoms with Crippen molar-refractivity contribution in [2.75, 3.05) is 28.4 Å². The molecule has 1 aliphatic carbocycles. The number of ether oxygens (including phenoxy) is 4. The summed E-state index contributed by atoms with van der Waals surface area (Å²) in [4.78, 5) is 0. The van der Waals surface area contributed by atoms with Gasteiger partial charge in [0.1, 0.15) is 23.0 Å². The first-order valence-corrected chi connectivity index (χ1v) is 16.6. The molecular formula is C34H38O4P2. The molecule has 5 rings (SSSR count). The van der Waals surface area contributed by atoms with Gasteiger partial charge in [0.15, 0.2) is 0 Å². The van der Waals surface area contributed by atoms with E-state index in [0.717, 1.165) is 35.8 Å². The number of para-hydroxylation sites is 4. The molecule has 4 aromatic rings. The van der Waals surface area contributed by atoms with Crippen LogP contribution >= 0.6 is 15.8 Å². The molecule has 4 nitrogen and oxygen atoms in total. The lowest BCUT2D eigenvalue weighted by Gasteiger charge is -2.43. The van der Waals surface area contributed by atoms with Crippen LogP contribution in [0.25, 0.3) is 0 Å². The van der Waals surface area contributed by atoms with Crippen molar-refractivity contribution < 1.29 is 18.9 Å². The molecule has 1 fully saturated rings. The average molecular weight is 573 g/mol. The fourth-order valence-corrected chi connectivity index (χ4v) is 13.2. The molecule has 0 bridgehead atoms. The second kappa shape index (κ2) is 13.5. The van der Waals surface area contributed by atoms with Crippen LogP contribution in [-0.2, 0) is 0 Å². The van der Waals surface area contributed by atoms with Gasteiger partial charge in [0.25, 0.3) is 0 Å². The molecule has 4 aromatic carbocycles. The summed E-state index contributed by atoms with van der Waals surface area (Å²) in [5.41, 5.74) is 0.828. The Labute approximate surface area is 241 Å². The summed E-state index contributed by atoms with van der Waals surface area (Å²) in [7, 11) is 5.49. The van der Waals surface area contributed by atoms with Crippen LogP contribution in [-0.4, -0.2) is 39.8 Å². The van der Waals surface area contributed by atoms with Crippen molar-refractivity contribution in [1.82, 2.24) is 0 Å². The Morgan fingerprint density at radius 1 is 0.425 bits per heavy atom. The first kappa shape index (κ1) is 28.5. The normalized spacial score (nSPS) is 17.1. The lowest BCUT2D eigenvalue weighted by atomic mass is 9.99. The number of benzene rings is 4. The van der Waals surface area contributed by atoms with E-state index >= 15 is 0 Å². The molecular weight excluding hydrogens is 534 g/mol. The third-order valence-electron chi connectivity index (χ3n) is 7.74. The summed E-state index contributed by atoms with van der Waals surface area (Å²) >= 11 is 0. The topological polar surface area (TPSA) is 36.9 Å². The van der Waals surface area contributed by atoms with Gasteiger partial charge in [0.05, 0.1) is 28.4 Å². The van der Waals surface area contributed by atoms with Crippen molar-refractivity contribution in [2.24, 2.45) is 0 Å². The Morgan fingerprint density at radius 2 is 0.675 bits per heavy atom. The summed E-state index contributed by atoms with van der Waals surface area (Å²) in [5.74, 6) is 3.79. The maximum Gasteiger partial charge on any atom is 0.126 e. The van der Waals surface area contributed by atoms with E-state index in [9.17, 15) is 0 Å². The Kier molecular flexibility index (Phi) is 9.63. The largest absolute Gasteiger partial charge is 0.496 e. The van der Waals surface area contributed by atoms with Crippen molar-refractivity contribution in [3.05, 3.63) is 97.1 Å². The van der Waals surface area contributed by atoms with Gasteiger partial charge in [-0.25, -0.2) is 0 Å². The quantitative estimate of drug-likeness (QED) is 0.201. The number of hydrogen-bond donors (Lipinski definition) is 0. The molecule has 0 spiro atoms. The summed E-state index contributed by atoms with van der Waals surface area (Å²) in [5, 5.41) is 5.10. The van der Waals surface area contributed by atoms with Gasteiger partial charge in [-0.15, -0.1) is 0 Å². The zero-order valence-corrected chi connectivity index (χ0v) is 25.5. The van der Waals surface area contributed by atoms with E-state index in [1.54, 1.807) is 28.4 Å². The maximum absolute atomic E-state index is 5.99. The van der Waals surface area contributed by atoms with E-state index in [-0.39, 0.29) is 0 Å². The molecule has 1 aliphatic rings. The van der Waals surface area contributed by atoms with Crippen molar-refractivity contribution in [3.8, 4) is 23.0 Å². The van der Waals surface area contributed by atoms with Gasteiger partial charge in [-0.1, -0.05) is 85.6 Å². The van der Waals surface area contributed by atoms with Gasteiger partial charge in [-0.3, -0.25) is 0 Å². The molecule has 0 aromatic heterocycles. The van der Waals surface area contributed by atoms with E-state index < -0.39 is 15.8 Å². The molecule has 208 valence electrons. The molecule has 1 saturated carbocycles. The third-order valence-corrected chi connectivity index (χ3v) is 14.1. The van der Waals surface area contributed by atoms with E-state index in [2.05, 4.69) is 97.1 Å². The number of methoxy groups -OCH3 is 4. The lowest BCUT2D eigenvalue weighted by molar-refractivity contribution is 0.416. The fraction of sp³-hybridized carbons (Fsp3) is 0.294. The number of hydrogen-bond acceptors (Lipinski definition) is 4. The van der Waals surface area contributed by atoms with E-state index in [1.807, 2.05) is 0 Å². The molecule has 6 heteroatoms. The third kappa shape index (κ3) is 5.71. The van der Waals surface area contributed by atoms with Crippen LogP contribution < -0.4 is 40.2 Å². The van der Waals surface area contributed by atoms with Crippen LogP contribution in [0.15, 0.2) is 97.1 Å². The predicted octanol–water partition coefficient (Wildman–Crippen LogP) is 6.60. The number of rotatable bonds is 10. The van der Waals surface area contributed by atoms with Gasteiger partial charge < -0.3 is 18.9 Å². The van der Waals surface area contributed by atoms with Crippen molar-refractivity contribution in [1.29, 1.82) is 0 Å².